The predicted octanol–water partition coefficient (Wildman–Crippen LogP) is 2.32. The number of hydrogen-bond donors (Lipinski definition) is 1. The van der Waals surface area contributed by atoms with Crippen LogP contribution in [0.5, 0.6) is 0 Å². The van der Waals surface area contributed by atoms with Crippen LogP contribution < -0.4 is 5.32 Å². The molecule has 1 aliphatic rings. The second-order valence-electron chi connectivity index (χ2n) is 6.80. The van der Waals surface area contributed by atoms with E-state index in [9.17, 15) is 31.2 Å². The zero-order valence-electron chi connectivity index (χ0n) is 17.1. The molecule has 8 nitrogen and oxygen atoms in total. The highest BCUT2D eigenvalue weighted by atomic mass is 32.2. The van der Waals surface area contributed by atoms with Gasteiger partial charge in [0.25, 0.3) is 5.91 Å². The fourth-order valence-corrected chi connectivity index (χ4v) is 4.25. The summed E-state index contributed by atoms with van der Waals surface area (Å²) in [6.45, 7) is 0.405. The number of morpholine rings is 1. The highest BCUT2D eigenvalue weighted by molar-refractivity contribution is 7.89. The van der Waals surface area contributed by atoms with Gasteiger partial charge in [0.15, 0.2) is 24.1 Å². The van der Waals surface area contributed by atoms with E-state index in [0.29, 0.717) is 24.8 Å². The minimum Gasteiger partial charge on any atom is -0.452 e. The number of halogens is 3. The Morgan fingerprint density at radius 2 is 1.70 bits per heavy atom. The minimum atomic E-state index is -3.64. The van der Waals surface area contributed by atoms with Crippen LogP contribution in [0, 0.1) is 17.5 Å². The van der Waals surface area contributed by atoms with Crippen molar-refractivity contribution in [3.8, 4) is 0 Å². The normalized spacial score (nSPS) is 14.9. The maximum atomic E-state index is 13.5. The third kappa shape index (κ3) is 6.18. The van der Waals surface area contributed by atoms with Crippen molar-refractivity contribution in [2.24, 2.45) is 0 Å². The molecule has 3 rings (SSSR count). The molecule has 1 N–H and O–H groups in total. The first kappa shape index (κ1) is 24.4. The van der Waals surface area contributed by atoms with E-state index in [1.54, 1.807) is 0 Å². The van der Waals surface area contributed by atoms with Crippen molar-refractivity contribution in [2.45, 2.75) is 4.90 Å². The van der Waals surface area contributed by atoms with Crippen molar-refractivity contribution < 1.29 is 40.7 Å². The van der Waals surface area contributed by atoms with Gasteiger partial charge >= 0.3 is 5.97 Å². The molecule has 0 saturated carbocycles. The Bertz CT molecular complexity index is 1160. The summed E-state index contributed by atoms with van der Waals surface area (Å²) in [4.78, 5) is 23.6. The third-order valence-electron chi connectivity index (χ3n) is 4.55. The fraction of sp³-hybridized carbons (Fsp3) is 0.238. The van der Waals surface area contributed by atoms with E-state index in [4.69, 9.17) is 9.47 Å². The second kappa shape index (κ2) is 10.6. The number of anilines is 1. The summed E-state index contributed by atoms with van der Waals surface area (Å²) in [5.41, 5.74) is -0.0983. The average molecular weight is 484 g/mol. The first-order chi connectivity index (χ1) is 15.7. The summed E-state index contributed by atoms with van der Waals surface area (Å²) in [6.07, 6.45) is 2.36. The molecule has 1 fully saturated rings. The van der Waals surface area contributed by atoms with E-state index in [0.717, 1.165) is 12.1 Å². The molecule has 0 aliphatic carbocycles. The van der Waals surface area contributed by atoms with Crippen molar-refractivity contribution in [2.75, 3.05) is 38.2 Å². The van der Waals surface area contributed by atoms with E-state index < -0.39 is 51.6 Å². The number of nitrogens with zero attached hydrogens (tertiary/aromatic N) is 1. The summed E-state index contributed by atoms with van der Waals surface area (Å²) < 4.78 is 76.0. The molecule has 0 aromatic heterocycles. The monoisotopic (exact) mass is 484 g/mol. The molecule has 1 aliphatic heterocycles. The summed E-state index contributed by atoms with van der Waals surface area (Å²) in [5.74, 6) is -6.58. The lowest BCUT2D eigenvalue weighted by atomic mass is 10.2. The van der Waals surface area contributed by atoms with E-state index in [-0.39, 0.29) is 18.0 Å². The summed E-state index contributed by atoms with van der Waals surface area (Å²) >= 11 is 0. The average Bonchev–Trinajstić information content (AvgIpc) is 2.82. The van der Waals surface area contributed by atoms with Crippen molar-refractivity contribution >= 4 is 33.7 Å². The van der Waals surface area contributed by atoms with Crippen LogP contribution in [0.3, 0.4) is 0 Å². The van der Waals surface area contributed by atoms with Crippen LogP contribution in [0.15, 0.2) is 47.4 Å². The van der Waals surface area contributed by atoms with Gasteiger partial charge in [0.2, 0.25) is 10.0 Å². The van der Waals surface area contributed by atoms with Crippen LogP contribution >= 0.6 is 0 Å². The number of ether oxygens (including phenoxy) is 2. The van der Waals surface area contributed by atoms with Gasteiger partial charge < -0.3 is 14.8 Å². The summed E-state index contributed by atoms with van der Waals surface area (Å²) in [5, 5.41) is 1.96. The largest absolute Gasteiger partial charge is 0.452 e. The molecule has 12 heteroatoms. The Hall–Kier alpha value is -3.22. The number of esters is 1. The Kier molecular flexibility index (Phi) is 7.84. The van der Waals surface area contributed by atoms with Crippen molar-refractivity contribution in [1.82, 2.24) is 4.31 Å². The third-order valence-corrected chi connectivity index (χ3v) is 6.47. The van der Waals surface area contributed by atoms with Crippen LogP contribution in [0.2, 0.25) is 0 Å². The van der Waals surface area contributed by atoms with Crippen LogP contribution in [0.25, 0.3) is 6.08 Å². The highest BCUT2D eigenvalue weighted by Gasteiger charge is 2.26. The van der Waals surface area contributed by atoms with Gasteiger partial charge in [-0.05, 0) is 35.9 Å². The van der Waals surface area contributed by atoms with E-state index in [2.05, 4.69) is 0 Å². The maximum absolute atomic E-state index is 13.5. The first-order valence-corrected chi connectivity index (χ1v) is 11.1. The van der Waals surface area contributed by atoms with Gasteiger partial charge in [-0.1, -0.05) is 12.1 Å². The Morgan fingerprint density at radius 1 is 1.03 bits per heavy atom. The highest BCUT2D eigenvalue weighted by Crippen LogP contribution is 2.20. The molecule has 0 unspecified atom stereocenters. The lowest BCUT2D eigenvalue weighted by molar-refractivity contribution is -0.142. The van der Waals surface area contributed by atoms with Crippen LogP contribution in [-0.4, -0.2) is 57.5 Å². The van der Waals surface area contributed by atoms with Crippen LogP contribution in [0.4, 0.5) is 18.9 Å². The van der Waals surface area contributed by atoms with E-state index in [1.165, 1.54) is 34.6 Å². The molecule has 0 radical (unpaired) electrons. The van der Waals surface area contributed by atoms with Crippen molar-refractivity contribution in [1.29, 1.82) is 0 Å². The van der Waals surface area contributed by atoms with Gasteiger partial charge in [-0.15, -0.1) is 0 Å². The van der Waals surface area contributed by atoms with Gasteiger partial charge in [0.1, 0.15) is 0 Å². The number of rotatable bonds is 7. The topological polar surface area (TPSA) is 102 Å². The molecule has 1 amide bonds. The van der Waals surface area contributed by atoms with Crippen molar-refractivity contribution in [3.05, 3.63) is 65.5 Å². The van der Waals surface area contributed by atoms with E-state index >= 15 is 0 Å². The number of amides is 1. The van der Waals surface area contributed by atoms with Gasteiger partial charge in [0.05, 0.1) is 23.8 Å². The van der Waals surface area contributed by atoms with Gasteiger partial charge in [-0.3, -0.25) is 4.79 Å². The molecule has 2 aromatic carbocycles. The zero-order valence-corrected chi connectivity index (χ0v) is 17.9. The molecule has 2 aromatic rings. The minimum absolute atomic E-state index is 0.102. The zero-order chi connectivity index (χ0) is 24.0. The molecule has 0 atom stereocenters. The lowest BCUT2D eigenvalue weighted by Gasteiger charge is -2.26. The molecular formula is C21H19F3N2O6S. The standard InChI is InChI=1S/C21H19F3N2O6S/c22-16-6-7-17(21(24)20(16)23)25-18(27)13-32-19(28)8-3-14-1-4-15(5-2-14)33(29,30)26-9-11-31-12-10-26/h1-8H,9-13H2,(H,25,27)/b8-3+. The Labute approximate surface area is 187 Å². The maximum Gasteiger partial charge on any atom is 0.331 e. The van der Waals surface area contributed by atoms with Crippen LogP contribution in [-0.2, 0) is 29.1 Å². The summed E-state index contributed by atoms with van der Waals surface area (Å²) in [7, 11) is -3.64. The Balaban J connectivity index is 1.52. The molecule has 176 valence electrons. The van der Waals surface area contributed by atoms with Crippen molar-refractivity contribution in [3.63, 3.8) is 0 Å². The van der Waals surface area contributed by atoms with Gasteiger partial charge in [-0.2, -0.15) is 4.31 Å². The first-order valence-electron chi connectivity index (χ1n) is 9.64. The second-order valence-corrected chi connectivity index (χ2v) is 8.74. The quantitative estimate of drug-likeness (QED) is 0.368. The number of carbonyl (C=O) groups excluding carboxylic acids is 2. The van der Waals surface area contributed by atoms with Gasteiger partial charge in [-0.25, -0.2) is 26.4 Å². The predicted molar refractivity (Wildman–Crippen MR) is 111 cm³/mol. The molecule has 0 spiro atoms. The molecule has 33 heavy (non-hydrogen) atoms. The molecule has 0 bridgehead atoms. The van der Waals surface area contributed by atoms with E-state index in [1.807, 2.05) is 5.32 Å². The number of benzene rings is 2. The number of sulfonamides is 1. The Morgan fingerprint density at radius 3 is 2.36 bits per heavy atom. The number of carbonyl (C=O) groups is 2. The number of nitrogens with one attached hydrogen (secondary N) is 1. The summed E-state index contributed by atoms with van der Waals surface area (Å²) in [6, 6.07) is 7.27. The fourth-order valence-electron chi connectivity index (χ4n) is 2.84. The SMILES string of the molecule is O=C(COC(=O)/C=C/c1ccc(S(=O)(=O)N2CCOCC2)cc1)Nc1ccc(F)c(F)c1F. The molecule has 1 heterocycles. The molecular weight excluding hydrogens is 465 g/mol. The lowest BCUT2D eigenvalue weighted by Crippen LogP contribution is -2.40. The van der Waals surface area contributed by atoms with Gasteiger partial charge in [0, 0.05) is 19.2 Å². The molecule has 1 saturated heterocycles. The van der Waals surface area contributed by atoms with Crippen LogP contribution in [0.1, 0.15) is 5.56 Å². The number of hydrogen-bond acceptors (Lipinski definition) is 6. The smallest absolute Gasteiger partial charge is 0.331 e.